The van der Waals surface area contributed by atoms with Crippen LogP contribution in [0.3, 0.4) is 0 Å². The molecule has 0 aliphatic carbocycles. The van der Waals surface area contributed by atoms with E-state index in [-0.39, 0.29) is 18.2 Å². The zero-order valence-electron chi connectivity index (χ0n) is 16.2. The Morgan fingerprint density at radius 2 is 1.55 bits per heavy atom. The molecule has 0 spiro atoms. The van der Waals surface area contributed by atoms with Crippen molar-refractivity contribution in [2.24, 2.45) is 0 Å². The van der Waals surface area contributed by atoms with Crippen molar-refractivity contribution < 1.29 is 14.3 Å². The second-order valence-corrected chi connectivity index (χ2v) is 6.93. The van der Waals surface area contributed by atoms with Gasteiger partial charge in [0.2, 0.25) is 5.91 Å². The zero-order valence-corrected chi connectivity index (χ0v) is 16.2. The molecule has 5 nitrogen and oxygen atoms in total. The van der Waals surface area contributed by atoms with Crippen molar-refractivity contribution in [3.8, 4) is 11.5 Å². The van der Waals surface area contributed by atoms with Crippen LogP contribution in [0.4, 0.5) is 11.4 Å². The number of rotatable bonds is 6. The van der Waals surface area contributed by atoms with Gasteiger partial charge in [0.05, 0.1) is 12.1 Å². The van der Waals surface area contributed by atoms with E-state index >= 15 is 0 Å². The summed E-state index contributed by atoms with van der Waals surface area (Å²) in [6.07, 6.45) is 1.09. The summed E-state index contributed by atoms with van der Waals surface area (Å²) in [5.41, 5.74) is 2.61. The minimum atomic E-state index is -0.560. The average molecular weight is 386 g/mol. The molecule has 1 N–H and O–H groups in total. The molecule has 146 valence electrons. The molecular formula is C24H22N2O3. The van der Waals surface area contributed by atoms with E-state index in [4.69, 9.17) is 4.74 Å². The number of carbonyl (C=O) groups is 2. The second-order valence-electron chi connectivity index (χ2n) is 6.93. The third kappa shape index (κ3) is 4.14. The quantitative estimate of drug-likeness (QED) is 0.619. The summed E-state index contributed by atoms with van der Waals surface area (Å²) in [7, 11) is 0. The average Bonchev–Trinajstić information content (AvgIpc) is 3.03. The molecule has 3 aromatic rings. The van der Waals surface area contributed by atoms with Crippen molar-refractivity contribution in [2.45, 2.75) is 25.8 Å². The van der Waals surface area contributed by atoms with Crippen LogP contribution in [0.25, 0.3) is 0 Å². The van der Waals surface area contributed by atoms with E-state index in [9.17, 15) is 9.59 Å². The van der Waals surface area contributed by atoms with Gasteiger partial charge in [-0.05, 0) is 60.5 Å². The Labute approximate surface area is 169 Å². The number of nitrogens with zero attached hydrogens (tertiary/aromatic N) is 1. The Hall–Kier alpha value is -3.60. The first kappa shape index (κ1) is 18.7. The van der Waals surface area contributed by atoms with E-state index in [0.717, 1.165) is 17.9 Å². The maximum atomic E-state index is 12.8. The lowest BCUT2D eigenvalue weighted by Crippen LogP contribution is -2.34. The summed E-state index contributed by atoms with van der Waals surface area (Å²) in [6.45, 7) is 2.09. The van der Waals surface area contributed by atoms with E-state index in [1.54, 1.807) is 24.3 Å². The highest BCUT2D eigenvalue weighted by Gasteiger charge is 2.39. The third-order valence-corrected chi connectivity index (χ3v) is 4.92. The molecule has 1 aliphatic heterocycles. The Morgan fingerprint density at radius 1 is 0.897 bits per heavy atom. The molecule has 3 aromatic carbocycles. The van der Waals surface area contributed by atoms with Gasteiger partial charge in [0.1, 0.15) is 17.5 Å². The standard InChI is InChI=1S/C24H22N2O3/c1-2-17-8-10-18(11-9-17)25-22-16-23(27)26(24(22)28)19-12-14-21(15-13-19)29-20-6-4-3-5-7-20/h3-15,22,25H,2,16H2,1H3/t22-/m0/s1. The molecule has 5 heteroatoms. The van der Waals surface area contributed by atoms with Gasteiger partial charge in [-0.25, -0.2) is 4.90 Å². The van der Waals surface area contributed by atoms with Crippen molar-refractivity contribution >= 4 is 23.2 Å². The number of aryl methyl sites for hydroxylation is 1. The monoisotopic (exact) mass is 386 g/mol. The number of hydrogen-bond acceptors (Lipinski definition) is 4. The first-order valence-corrected chi connectivity index (χ1v) is 9.69. The van der Waals surface area contributed by atoms with Crippen LogP contribution in [-0.2, 0) is 16.0 Å². The lowest BCUT2D eigenvalue weighted by Gasteiger charge is -2.17. The van der Waals surface area contributed by atoms with Gasteiger partial charge >= 0.3 is 0 Å². The number of benzene rings is 3. The van der Waals surface area contributed by atoms with Gasteiger partial charge in [-0.2, -0.15) is 0 Å². The first-order valence-electron chi connectivity index (χ1n) is 9.69. The third-order valence-electron chi connectivity index (χ3n) is 4.92. The molecule has 0 bridgehead atoms. The SMILES string of the molecule is CCc1ccc(N[C@H]2CC(=O)N(c3ccc(Oc4ccccc4)cc3)C2=O)cc1. The summed E-state index contributed by atoms with van der Waals surface area (Å²) < 4.78 is 5.77. The highest BCUT2D eigenvalue weighted by atomic mass is 16.5. The number of para-hydroxylation sites is 1. The molecular weight excluding hydrogens is 364 g/mol. The summed E-state index contributed by atoms with van der Waals surface area (Å²) in [5.74, 6) is 0.914. The number of hydrogen-bond donors (Lipinski definition) is 1. The molecule has 1 saturated heterocycles. The van der Waals surface area contributed by atoms with Gasteiger partial charge in [0.15, 0.2) is 0 Å². The largest absolute Gasteiger partial charge is 0.457 e. The fourth-order valence-corrected chi connectivity index (χ4v) is 3.34. The van der Waals surface area contributed by atoms with E-state index < -0.39 is 6.04 Å². The van der Waals surface area contributed by atoms with Crippen LogP contribution in [-0.4, -0.2) is 17.9 Å². The summed E-state index contributed by atoms with van der Waals surface area (Å²) in [4.78, 5) is 26.6. The summed E-state index contributed by atoms with van der Waals surface area (Å²) in [5, 5.41) is 3.18. The predicted octanol–water partition coefficient (Wildman–Crippen LogP) is 4.79. The number of anilines is 2. The lowest BCUT2D eigenvalue weighted by atomic mass is 10.1. The number of imide groups is 1. The number of carbonyl (C=O) groups excluding carboxylic acids is 2. The van der Waals surface area contributed by atoms with Crippen LogP contribution >= 0.6 is 0 Å². The van der Waals surface area contributed by atoms with E-state index in [0.29, 0.717) is 11.4 Å². The lowest BCUT2D eigenvalue weighted by molar-refractivity contribution is -0.121. The molecule has 0 aromatic heterocycles. The predicted molar refractivity (Wildman–Crippen MR) is 113 cm³/mol. The molecule has 1 fully saturated rings. The van der Waals surface area contributed by atoms with Crippen molar-refractivity contribution in [1.82, 2.24) is 0 Å². The molecule has 1 heterocycles. The van der Waals surface area contributed by atoms with Gasteiger partial charge in [0.25, 0.3) is 5.91 Å². The highest BCUT2D eigenvalue weighted by Crippen LogP contribution is 2.28. The van der Waals surface area contributed by atoms with Gasteiger partial charge in [0, 0.05) is 5.69 Å². The fraction of sp³-hybridized carbons (Fsp3) is 0.167. The number of nitrogens with one attached hydrogen (secondary N) is 1. The second kappa shape index (κ2) is 8.19. The smallest absolute Gasteiger partial charge is 0.256 e. The van der Waals surface area contributed by atoms with Crippen LogP contribution < -0.4 is 15.0 Å². The van der Waals surface area contributed by atoms with Crippen LogP contribution in [0.15, 0.2) is 78.9 Å². The topological polar surface area (TPSA) is 58.6 Å². The van der Waals surface area contributed by atoms with Crippen molar-refractivity contribution in [2.75, 3.05) is 10.2 Å². The summed E-state index contributed by atoms with van der Waals surface area (Å²) in [6, 6.07) is 23.8. The highest BCUT2D eigenvalue weighted by molar-refractivity contribution is 6.23. The van der Waals surface area contributed by atoms with E-state index in [1.165, 1.54) is 10.5 Å². The van der Waals surface area contributed by atoms with E-state index in [1.807, 2.05) is 54.6 Å². The number of ether oxygens (including phenoxy) is 1. The van der Waals surface area contributed by atoms with Crippen LogP contribution in [0.1, 0.15) is 18.9 Å². The van der Waals surface area contributed by atoms with Crippen LogP contribution in [0.2, 0.25) is 0 Å². The Bertz CT molecular complexity index is 999. The maximum absolute atomic E-state index is 12.8. The molecule has 0 unspecified atom stereocenters. The van der Waals surface area contributed by atoms with Gasteiger partial charge in [-0.1, -0.05) is 37.3 Å². The fourth-order valence-electron chi connectivity index (χ4n) is 3.34. The Kier molecular flexibility index (Phi) is 5.29. The molecule has 0 radical (unpaired) electrons. The molecule has 29 heavy (non-hydrogen) atoms. The zero-order chi connectivity index (χ0) is 20.2. The van der Waals surface area contributed by atoms with Crippen molar-refractivity contribution in [3.05, 3.63) is 84.4 Å². The van der Waals surface area contributed by atoms with E-state index in [2.05, 4.69) is 12.2 Å². The van der Waals surface area contributed by atoms with Crippen LogP contribution in [0.5, 0.6) is 11.5 Å². The first-order chi connectivity index (χ1) is 14.1. The van der Waals surface area contributed by atoms with Crippen molar-refractivity contribution in [3.63, 3.8) is 0 Å². The minimum Gasteiger partial charge on any atom is -0.457 e. The normalized spacial score (nSPS) is 16.2. The van der Waals surface area contributed by atoms with Gasteiger partial charge in [-0.15, -0.1) is 0 Å². The van der Waals surface area contributed by atoms with Gasteiger partial charge in [-0.3, -0.25) is 9.59 Å². The summed E-state index contributed by atoms with van der Waals surface area (Å²) >= 11 is 0. The molecule has 4 rings (SSSR count). The molecule has 2 amide bonds. The molecule has 1 atom stereocenters. The van der Waals surface area contributed by atoms with Crippen molar-refractivity contribution in [1.29, 1.82) is 0 Å². The Morgan fingerprint density at radius 3 is 2.21 bits per heavy atom. The number of amides is 2. The Balaban J connectivity index is 1.45. The minimum absolute atomic E-state index is 0.136. The molecule has 0 saturated carbocycles. The van der Waals surface area contributed by atoms with Crippen LogP contribution in [0, 0.1) is 0 Å². The molecule has 1 aliphatic rings. The van der Waals surface area contributed by atoms with Gasteiger partial charge < -0.3 is 10.1 Å². The maximum Gasteiger partial charge on any atom is 0.256 e.